The minimum atomic E-state index is -0.454. The van der Waals surface area contributed by atoms with Crippen LogP contribution >= 0.6 is 11.6 Å². The number of hydrogen-bond acceptors (Lipinski definition) is 3. The lowest BCUT2D eigenvalue weighted by Crippen LogP contribution is -2.30. The number of hydrogen-bond donors (Lipinski definition) is 1. The maximum absolute atomic E-state index is 12.2. The first kappa shape index (κ1) is 16.8. The summed E-state index contributed by atoms with van der Waals surface area (Å²) in [5, 5.41) is 14.1. The molecule has 2 amide bonds. The number of rotatable bonds is 4. The van der Waals surface area contributed by atoms with Crippen LogP contribution in [0.25, 0.3) is 0 Å². The molecule has 7 heteroatoms. The van der Waals surface area contributed by atoms with Crippen LogP contribution in [0, 0.1) is 17.0 Å². The predicted octanol–water partition coefficient (Wildman–Crippen LogP) is 4.22. The Labute approximate surface area is 138 Å². The largest absolute Gasteiger partial charge is 0.323 e. The third kappa shape index (κ3) is 4.20. The predicted molar refractivity (Wildman–Crippen MR) is 89.8 cm³/mol. The number of nitro groups is 1. The first-order valence-corrected chi connectivity index (χ1v) is 7.27. The van der Waals surface area contributed by atoms with E-state index in [2.05, 4.69) is 5.32 Å². The highest BCUT2D eigenvalue weighted by Gasteiger charge is 2.14. The number of benzene rings is 2. The molecule has 0 bridgehead atoms. The van der Waals surface area contributed by atoms with E-state index < -0.39 is 4.92 Å². The van der Waals surface area contributed by atoms with E-state index >= 15 is 0 Å². The van der Waals surface area contributed by atoms with E-state index in [1.807, 2.05) is 18.2 Å². The fourth-order valence-electron chi connectivity index (χ4n) is 2.11. The Bertz CT molecular complexity index is 749. The van der Waals surface area contributed by atoms with Gasteiger partial charge in [0.05, 0.1) is 4.92 Å². The molecule has 0 spiro atoms. The number of halogens is 1. The lowest BCUT2D eigenvalue weighted by atomic mass is 10.2. The summed E-state index contributed by atoms with van der Waals surface area (Å²) in [6, 6.07) is 11.4. The molecule has 0 aliphatic rings. The molecular weight excluding hydrogens is 318 g/mol. The van der Waals surface area contributed by atoms with E-state index in [-0.39, 0.29) is 11.7 Å². The first-order chi connectivity index (χ1) is 10.9. The van der Waals surface area contributed by atoms with Crippen LogP contribution < -0.4 is 5.32 Å². The fraction of sp³-hybridized carbons (Fsp3) is 0.188. The van der Waals surface area contributed by atoms with E-state index in [0.717, 1.165) is 5.56 Å². The van der Waals surface area contributed by atoms with Gasteiger partial charge in [-0.05, 0) is 30.7 Å². The second-order valence-electron chi connectivity index (χ2n) is 5.14. The Hall–Kier alpha value is -2.60. The van der Waals surface area contributed by atoms with Crippen molar-refractivity contribution in [2.75, 3.05) is 12.4 Å². The molecule has 0 saturated heterocycles. The summed E-state index contributed by atoms with van der Waals surface area (Å²) in [4.78, 5) is 24.0. The molecule has 0 atom stereocenters. The van der Waals surface area contributed by atoms with Crippen molar-refractivity contribution >= 4 is 29.0 Å². The van der Waals surface area contributed by atoms with Crippen molar-refractivity contribution in [2.24, 2.45) is 0 Å². The van der Waals surface area contributed by atoms with Gasteiger partial charge in [0, 0.05) is 35.9 Å². The SMILES string of the molecule is Cc1cc(NC(=O)N(C)Cc2ccccc2Cl)ccc1[N+](=O)[O-]. The average molecular weight is 334 g/mol. The number of urea groups is 1. The van der Waals surface area contributed by atoms with Gasteiger partial charge in [0.2, 0.25) is 0 Å². The molecule has 0 heterocycles. The first-order valence-electron chi connectivity index (χ1n) is 6.89. The lowest BCUT2D eigenvalue weighted by molar-refractivity contribution is -0.385. The Morgan fingerprint density at radius 1 is 1.30 bits per heavy atom. The normalized spacial score (nSPS) is 10.2. The van der Waals surface area contributed by atoms with Crippen LogP contribution in [-0.4, -0.2) is 22.9 Å². The van der Waals surface area contributed by atoms with Crippen molar-refractivity contribution in [1.82, 2.24) is 4.90 Å². The molecule has 1 N–H and O–H groups in total. The van der Waals surface area contributed by atoms with Crippen molar-refractivity contribution in [3.8, 4) is 0 Å². The Kier molecular flexibility index (Phi) is 5.18. The van der Waals surface area contributed by atoms with Gasteiger partial charge in [0.15, 0.2) is 0 Å². The molecule has 2 aromatic carbocycles. The van der Waals surface area contributed by atoms with Gasteiger partial charge in [0.25, 0.3) is 5.69 Å². The van der Waals surface area contributed by atoms with Crippen molar-refractivity contribution in [3.05, 3.63) is 68.7 Å². The van der Waals surface area contributed by atoms with Crippen LogP contribution in [0.2, 0.25) is 5.02 Å². The molecule has 0 aliphatic heterocycles. The Balaban J connectivity index is 2.05. The van der Waals surface area contributed by atoms with Gasteiger partial charge in [-0.25, -0.2) is 4.79 Å². The minimum Gasteiger partial charge on any atom is -0.323 e. The number of aryl methyl sites for hydroxylation is 1. The molecule has 0 saturated carbocycles. The molecular formula is C16H16ClN3O3. The second kappa shape index (κ2) is 7.11. The average Bonchev–Trinajstić information content (AvgIpc) is 2.49. The van der Waals surface area contributed by atoms with E-state index in [1.165, 1.54) is 17.0 Å². The molecule has 0 unspecified atom stereocenters. The van der Waals surface area contributed by atoms with Crippen molar-refractivity contribution < 1.29 is 9.72 Å². The van der Waals surface area contributed by atoms with Gasteiger partial charge in [-0.15, -0.1) is 0 Å². The van der Waals surface area contributed by atoms with Crippen molar-refractivity contribution in [1.29, 1.82) is 0 Å². The summed E-state index contributed by atoms with van der Waals surface area (Å²) < 4.78 is 0. The van der Waals surface area contributed by atoms with Crippen LogP contribution in [0.1, 0.15) is 11.1 Å². The third-order valence-electron chi connectivity index (χ3n) is 3.36. The van der Waals surface area contributed by atoms with Gasteiger partial charge >= 0.3 is 6.03 Å². The summed E-state index contributed by atoms with van der Waals surface area (Å²) >= 11 is 6.08. The zero-order valence-electron chi connectivity index (χ0n) is 12.7. The zero-order chi connectivity index (χ0) is 17.0. The van der Waals surface area contributed by atoms with E-state index in [9.17, 15) is 14.9 Å². The van der Waals surface area contributed by atoms with E-state index in [4.69, 9.17) is 11.6 Å². The summed E-state index contributed by atoms with van der Waals surface area (Å²) in [6.07, 6.45) is 0. The molecule has 0 radical (unpaired) electrons. The quantitative estimate of drug-likeness (QED) is 0.672. The van der Waals surface area contributed by atoms with Crippen LogP contribution in [0.5, 0.6) is 0 Å². The number of amides is 2. The van der Waals surface area contributed by atoms with Crippen LogP contribution in [0.15, 0.2) is 42.5 Å². The number of carbonyl (C=O) groups excluding carboxylic acids is 1. The van der Waals surface area contributed by atoms with Crippen molar-refractivity contribution in [3.63, 3.8) is 0 Å². The summed E-state index contributed by atoms with van der Waals surface area (Å²) in [5.74, 6) is 0. The molecule has 120 valence electrons. The van der Waals surface area contributed by atoms with Crippen LogP contribution in [-0.2, 0) is 6.54 Å². The van der Waals surface area contributed by atoms with Gasteiger partial charge in [0.1, 0.15) is 0 Å². The van der Waals surface area contributed by atoms with Crippen LogP contribution in [0.4, 0.5) is 16.2 Å². The molecule has 0 aliphatic carbocycles. The van der Waals surface area contributed by atoms with E-state index in [0.29, 0.717) is 22.8 Å². The molecule has 23 heavy (non-hydrogen) atoms. The molecule has 2 rings (SSSR count). The summed E-state index contributed by atoms with van der Waals surface area (Å²) in [5.41, 5.74) is 1.85. The number of anilines is 1. The van der Waals surface area contributed by atoms with Gasteiger partial charge in [-0.3, -0.25) is 10.1 Å². The third-order valence-corrected chi connectivity index (χ3v) is 3.73. The van der Waals surface area contributed by atoms with Crippen LogP contribution in [0.3, 0.4) is 0 Å². The Morgan fingerprint density at radius 2 is 2.00 bits per heavy atom. The molecule has 0 fully saturated rings. The maximum Gasteiger partial charge on any atom is 0.321 e. The topological polar surface area (TPSA) is 75.5 Å². The summed E-state index contributed by atoms with van der Waals surface area (Å²) in [6.45, 7) is 1.98. The highest BCUT2D eigenvalue weighted by atomic mass is 35.5. The number of nitro benzene ring substituents is 1. The molecule has 0 aromatic heterocycles. The molecule has 2 aromatic rings. The highest BCUT2D eigenvalue weighted by molar-refractivity contribution is 6.31. The monoisotopic (exact) mass is 333 g/mol. The zero-order valence-corrected chi connectivity index (χ0v) is 13.5. The second-order valence-corrected chi connectivity index (χ2v) is 5.54. The summed E-state index contributed by atoms with van der Waals surface area (Å²) in [7, 11) is 1.65. The standard InChI is InChI=1S/C16H16ClN3O3/c1-11-9-13(7-8-15(11)20(22)23)18-16(21)19(2)10-12-5-3-4-6-14(12)17/h3-9H,10H2,1-2H3,(H,18,21). The minimum absolute atomic E-state index is 0.0208. The van der Waals surface area contributed by atoms with Gasteiger partial charge in [-0.2, -0.15) is 0 Å². The van der Waals surface area contributed by atoms with Gasteiger partial charge < -0.3 is 10.2 Å². The fourth-order valence-corrected chi connectivity index (χ4v) is 2.31. The number of nitrogens with one attached hydrogen (secondary N) is 1. The lowest BCUT2D eigenvalue weighted by Gasteiger charge is -2.19. The maximum atomic E-state index is 12.2. The van der Waals surface area contributed by atoms with Crippen molar-refractivity contribution in [2.45, 2.75) is 13.5 Å². The Morgan fingerprint density at radius 3 is 2.61 bits per heavy atom. The molecule has 6 nitrogen and oxygen atoms in total. The van der Waals surface area contributed by atoms with Gasteiger partial charge in [-0.1, -0.05) is 29.8 Å². The number of nitrogens with zero attached hydrogens (tertiary/aromatic N) is 2. The smallest absolute Gasteiger partial charge is 0.321 e. The van der Waals surface area contributed by atoms with E-state index in [1.54, 1.807) is 26.1 Å². The highest BCUT2D eigenvalue weighted by Crippen LogP contribution is 2.22. The number of carbonyl (C=O) groups is 1.